The predicted molar refractivity (Wildman–Crippen MR) is 112 cm³/mol. The molecule has 124 valence electrons. The van der Waals surface area contributed by atoms with Crippen LogP contribution in [0.1, 0.15) is 0 Å². The van der Waals surface area contributed by atoms with Crippen LogP contribution in [0.4, 0.5) is 0 Å². The van der Waals surface area contributed by atoms with Gasteiger partial charge in [-0.25, -0.2) is 0 Å². The molecule has 0 unspecified atom stereocenters. The normalized spacial score (nSPS) is 11.5. The zero-order chi connectivity index (χ0) is 17.7. The van der Waals surface area contributed by atoms with Crippen LogP contribution in [0, 0.1) is 0 Å². The van der Waals surface area contributed by atoms with Crippen molar-refractivity contribution in [3.8, 4) is 11.1 Å². The van der Waals surface area contributed by atoms with Gasteiger partial charge in [-0.1, -0.05) is 66.7 Å². The molecule has 2 nitrogen and oxygen atoms in total. The van der Waals surface area contributed by atoms with Crippen molar-refractivity contribution in [1.29, 1.82) is 0 Å². The zero-order valence-electron chi connectivity index (χ0n) is 13.9. The van der Waals surface area contributed by atoms with E-state index in [-0.39, 0.29) is 0 Å². The molecule has 5 aromatic rings. The topological polar surface area (TPSA) is 40.5 Å². The third kappa shape index (κ3) is 2.35. The highest BCUT2D eigenvalue weighted by Crippen LogP contribution is 2.39. The fraction of sp³-hybridized carbons (Fsp3) is 0. The molecule has 0 saturated carbocycles. The SMILES string of the molecule is OB(O)c1cc(-c2ccccc2)cc2c1sc1ccc3ccccc3c12. The van der Waals surface area contributed by atoms with Gasteiger partial charge in [-0.3, -0.25) is 0 Å². The first kappa shape index (κ1) is 15.6. The monoisotopic (exact) mass is 354 g/mol. The van der Waals surface area contributed by atoms with E-state index in [0.29, 0.717) is 5.46 Å². The molecule has 0 aliphatic heterocycles. The van der Waals surface area contributed by atoms with Crippen LogP contribution in [0.2, 0.25) is 0 Å². The number of thiophene rings is 1. The minimum atomic E-state index is -1.50. The van der Waals surface area contributed by atoms with E-state index >= 15 is 0 Å². The maximum atomic E-state index is 9.99. The number of rotatable bonds is 2. The van der Waals surface area contributed by atoms with Gasteiger partial charge >= 0.3 is 7.12 Å². The smallest absolute Gasteiger partial charge is 0.423 e. The lowest BCUT2D eigenvalue weighted by atomic mass is 9.78. The Hall–Kier alpha value is -2.66. The summed E-state index contributed by atoms with van der Waals surface area (Å²) in [5, 5.41) is 24.6. The van der Waals surface area contributed by atoms with Gasteiger partial charge in [-0.15, -0.1) is 11.3 Å². The Morgan fingerprint density at radius 1 is 0.692 bits per heavy atom. The van der Waals surface area contributed by atoms with Crippen molar-refractivity contribution >= 4 is 54.9 Å². The maximum absolute atomic E-state index is 9.99. The Kier molecular flexibility index (Phi) is 3.57. The molecular weight excluding hydrogens is 339 g/mol. The van der Waals surface area contributed by atoms with Gasteiger partial charge in [-0.05, 0) is 34.0 Å². The van der Waals surface area contributed by atoms with Gasteiger partial charge < -0.3 is 10.0 Å². The molecule has 4 heteroatoms. The van der Waals surface area contributed by atoms with Gasteiger partial charge in [0.1, 0.15) is 0 Å². The molecule has 0 radical (unpaired) electrons. The van der Waals surface area contributed by atoms with E-state index in [4.69, 9.17) is 0 Å². The van der Waals surface area contributed by atoms with Crippen LogP contribution in [-0.4, -0.2) is 17.2 Å². The summed E-state index contributed by atoms with van der Waals surface area (Å²) in [6, 6.07) is 26.7. The molecule has 0 spiro atoms. The maximum Gasteiger partial charge on any atom is 0.489 e. The molecule has 0 amide bonds. The second-order valence-corrected chi connectivity index (χ2v) is 7.50. The lowest BCUT2D eigenvalue weighted by Gasteiger charge is -2.08. The molecule has 0 fully saturated rings. The second kappa shape index (κ2) is 5.96. The van der Waals surface area contributed by atoms with E-state index in [1.165, 1.54) is 16.2 Å². The van der Waals surface area contributed by atoms with Crippen molar-refractivity contribution in [3.05, 3.63) is 78.9 Å². The summed E-state index contributed by atoms with van der Waals surface area (Å²) in [5.41, 5.74) is 2.62. The molecule has 0 atom stereocenters. The van der Waals surface area contributed by atoms with Gasteiger partial charge in [0.05, 0.1) is 0 Å². The fourth-order valence-corrected chi connectivity index (χ4v) is 4.90. The summed E-state index contributed by atoms with van der Waals surface area (Å²) in [7, 11) is -1.50. The van der Waals surface area contributed by atoms with Gasteiger partial charge in [0.25, 0.3) is 0 Å². The first-order valence-corrected chi connectivity index (χ1v) is 9.33. The van der Waals surface area contributed by atoms with Crippen LogP contribution in [0.5, 0.6) is 0 Å². The van der Waals surface area contributed by atoms with Gasteiger partial charge in [0.15, 0.2) is 0 Å². The highest BCUT2D eigenvalue weighted by atomic mass is 32.1. The predicted octanol–water partition coefficient (Wildman–Crippen LogP) is 4.55. The highest BCUT2D eigenvalue weighted by molar-refractivity contribution is 7.27. The van der Waals surface area contributed by atoms with Crippen molar-refractivity contribution in [1.82, 2.24) is 0 Å². The molecule has 2 N–H and O–H groups in total. The lowest BCUT2D eigenvalue weighted by molar-refractivity contribution is 0.426. The second-order valence-electron chi connectivity index (χ2n) is 6.44. The van der Waals surface area contributed by atoms with E-state index in [0.717, 1.165) is 25.9 Å². The molecule has 0 aliphatic carbocycles. The molecule has 1 heterocycles. The summed E-state index contributed by atoms with van der Waals surface area (Å²) >= 11 is 1.62. The van der Waals surface area contributed by atoms with Crippen LogP contribution in [0.15, 0.2) is 78.9 Å². The quantitative estimate of drug-likeness (QED) is 0.457. The third-order valence-electron chi connectivity index (χ3n) is 4.88. The van der Waals surface area contributed by atoms with Crippen LogP contribution < -0.4 is 5.46 Å². The van der Waals surface area contributed by atoms with E-state index in [1.54, 1.807) is 11.3 Å². The van der Waals surface area contributed by atoms with E-state index in [2.05, 4.69) is 30.3 Å². The minimum Gasteiger partial charge on any atom is -0.423 e. The summed E-state index contributed by atoms with van der Waals surface area (Å²) < 4.78 is 2.09. The number of fused-ring (bicyclic) bond motifs is 5. The van der Waals surface area contributed by atoms with Gasteiger partial charge in [0, 0.05) is 25.6 Å². The van der Waals surface area contributed by atoms with Crippen LogP contribution >= 0.6 is 11.3 Å². The number of hydrogen-bond acceptors (Lipinski definition) is 3. The molecule has 0 aliphatic rings. The molecule has 5 rings (SSSR count). The Morgan fingerprint density at radius 3 is 2.27 bits per heavy atom. The Balaban J connectivity index is 1.96. The number of hydrogen-bond donors (Lipinski definition) is 2. The van der Waals surface area contributed by atoms with Crippen LogP contribution in [0.3, 0.4) is 0 Å². The van der Waals surface area contributed by atoms with Gasteiger partial charge in [0.2, 0.25) is 0 Å². The summed E-state index contributed by atoms with van der Waals surface area (Å²) in [6.45, 7) is 0. The average Bonchev–Trinajstić information content (AvgIpc) is 3.06. The molecular formula is C22H15BO2S. The summed E-state index contributed by atoms with van der Waals surface area (Å²) in [6.07, 6.45) is 0. The average molecular weight is 354 g/mol. The summed E-state index contributed by atoms with van der Waals surface area (Å²) in [4.78, 5) is 0. The fourth-order valence-electron chi connectivity index (χ4n) is 3.66. The Morgan fingerprint density at radius 2 is 1.46 bits per heavy atom. The molecule has 0 bridgehead atoms. The van der Waals surface area contributed by atoms with Crippen molar-refractivity contribution in [2.75, 3.05) is 0 Å². The lowest BCUT2D eigenvalue weighted by Crippen LogP contribution is -2.30. The van der Waals surface area contributed by atoms with Crippen molar-refractivity contribution < 1.29 is 10.0 Å². The van der Waals surface area contributed by atoms with E-state index in [9.17, 15) is 10.0 Å². The van der Waals surface area contributed by atoms with Crippen LogP contribution in [-0.2, 0) is 0 Å². The van der Waals surface area contributed by atoms with Gasteiger partial charge in [-0.2, -0.15) is 0 Å². The van der Waals surface area contributed by atoms with Crippen LogP contribution in [0.25, 0.3) is 42.1 Å². The van der Waals surface area contributed by atoms with Crippen molar-refractivity contribution in [3.63, 3.8) is 0 Å². The number of benzene rings is 4. The van der Waals surface area contributed by atoms with Crippen molar-refractivity contribution in [2.45, 2.75) is 0 Å². The first-order chi connectivity index (χ1) is 12.7. The minimum absolute atomic E-state index is 0.562. The third-order valence-corrected chi connectivity index (χ3v) is 6.09. The van der Waals surface area contributed by atoms with E-state index in [1.807, 2.05) is 48.5 Å². The Labute approximate surface area is 155 Å². The standard InChI is InChI=1S/C22H15BO2S/c24-23(25)19-13-16(14-6-2-1-3-7-14)12-18-21-17-9-5-4-8-15(17)10-11-20(21)26-22(18)19/h1-13,24-25H. The summed E-state index contributed by atoms with van der Waals surface area (Å²) in [5.74, 6) is 0. The van der Waals surface area contributed by atoms with Crippen molar-refractivity contribution in [2.24, 2.45) is 0 Å². The molecule has 26 heavy (non-hydrogen) atoms. The van der Waals surface area contributed by atoms with E-state index < -0.39 is 7.12 Å². The largest absolute Gasteiger partial charge is 0.489 e. The highest BCUT2D eigenvalue weighted by Gasteiger charge is 2.20. The molecule has 0 saturated heterocycles. The Bertz CT molecular complexity index is 1260. The molecule has 1 aromatic heterocycles. The zero-order valence-corrected chi connectivity index (χ0v) is 14.7. The first-order valence-electron chi connectivity index (χ1n) is 8.52. The molecule has 4 aromatic carbocycles.